The van der Waals surface area contributed by atoms with Crippen molar-refractivity contribution in [1.29, 1.82) is 0 Å². The van der Waals surface area contributed by atoms with Crippen LogP contribution in [0.1, 0.15) is 44.0 Å². The smallest absolute Gasteiger partial charge is 0.407 e. The van der Waals surface area contributed by atoms with Crippen molar-refractivity contribution in [3.63, 3.8) is 0 Å². The van der Waals surface area contributed by atoms with Crippen LogP contribution in [-0.2, 0) is 11.2 Å². The third-order valence-corrected chi connectivity index (χ3v) is 3.89. The summed E-state index contributed by atoms with van der Waals surface area (Å²) in [6, 6.07) is 0. The lowest BCUT2D eigenvalue weighted by molar-refractivity contribution is 0.0527. The van der Waals surface area contributed by atoms with Gasteiger partial charge in [0.1, 0.15) is 5.60 Å². The summed E-state index contributed by atoms with van der Waals surface area (Å²) < 4.78 is 5.19. The Morgan fingerprint density at radius 1 is 1.28 bits per heavy atom. The van der Waals surface area contributed by atoms with Crippen molar-refractivity contribution in [2.45, 2.75) is 53.1 Å². The maximum Gasteiger partial charge on any atom is 0.407 e. The summed E-state index contributed by atoms with van der Waals surface area (Å²) in [7, 11) is 0. The van der Waals surface area contributed by atoms with E-state index in [2.05, 4.69) is 32.9 Å². The van der Waals surface area contributed by atoms with E-state index in [0.29, 0.717) is 13.1 Å². The first-order valence-corrected chi connectivity index (χ1v) is 9.52. The molecule has 0 aliphatic heterocycles. The molecule has 0 fully saturated rings. The molecule has 3 N–H and O–H groups in total. The number of amides is 1. The molecule has 1 rings (SSSR count). The Morgan fingerprint density at radius 2 is 2.04 bits per heavy atom. The minimum atomic E-state index is -0.472. The predicted octanol–water partition coefficient (Wildman–Crippen LogP) is 2.46. The summed E-state index contributed by atoms with van der Waals surface area (Å²) in [4.78, 5) is 21.6. The maximum absolute atomic E-state index is 11.5. The first kappa shape index (κ1) is 21.2. The summed E-state index contributed by atoms with van der Waals surface area (Å²) >= 11 is 1.72. The predicted molar refractivity (Wildman–Crippen MR) is 103 cm³/mol. The minimum absolute atomic E-state index is 0.389. The standard InChI is InChI=1S/C17H31N5O2S/c1-6-18-15(20-11-8-14-22-12-13(2)25-14)19-9-7-10-21-16(23)24-17(3,4)5/h12H,6-11H2,1-5H3,(H,21,23)(H2,18,19,20). The third kappa shape index (κ3) is 10.6. The Labute approximate surface area is 154 Å². The van der Waals surface area contributed by atoms with Gasteiger partial charge in [-0.1, -0.05) is 0 Å². The van der Waals surface area contributed by atoms with Crippen LogP contribution in [0.5, 0.6) is 0 Å². The Morgan fingerprint density at radius 3 is 2.64 bits per heavy atom. The van der Waals surface area contributed by atoms with E-state index in [1.807, 2.05) is 33.9 Å². The van der Waals surface area contributed by atoms with Crippen LogP contribution < -0.4 is 16.0 Å². The lowest BCUT2D eigenvalue weighted by Gasteiger charge is -2.19. The van der Waals surface area contributed by atoms with Gasteiger partial charge in [-0.2, -0.15) is 0 Å². The largest absolute Gasteiger partial charge is 0.444 e. The lowest BCUT2D eigenvalue weighted by Crippen LogP contribution is -2.38. The fourth-order valence-electron chi connectivity index (χ4n) is 1.92. The monoisotopic (exact) mass is 369 g/mol. The molecule has 0 saturated heterocycles. The van der Waals surface area contributed by atoms with Gasteiger partial charge in [-0.3, -0.25) is 4.99 Å². The molecule has 0 aliphatic carbocycles. The van der Waals surface area contributed by atoms with Gasteiger partial charge in [0.05, 0.1) is 5.01 Å². The molecule has 0 spiro atoms. The molecule has 7 nitrogen and oxygen atoms in total. The second-order valence-corrected chi connectivity index (χ2v) is 7.90. The van der Waals surface area contributed by atoms with Crippen LogP contribution in [0.15, 0.2) is 11.2 Å². The number of aliphatic imine (C=N–C) groups is 1. The molecule has 25 heavy (non-hydrogen) atoms. The number of carbonyl (C=O) groups is 1. The highest BCUT2D eigenvalue weighted by atomic mass is 32.1. The van der Waals surface area contributed by atoms with E-state index in [1.165, 1.54) is 4.88 Å². The van der Waals surface area contributed by atoms with Gasteiger partial charge in [-0.25, -0.2) is 9.78 Å². The van der Waals surface area contributed by atoms with Gasteiger partial charge in [0.15, 0.2) is 5.96 Å². The van der Waals surface area contributed by atoms with Crippen molar-refractivity contribution in [3.05, 3.63) is 16.1 Å². The molecule has 0 aliphatic rings. The van der Waals surface area contributed by atoms with E-state index in [-0.39, 0.29) is 6.09 Å². The van der Waals surface area contributed by atoms with E-state index in [0.717, 1.165) is 36.9 Å². The zero-order valence-corrected chi connectivity index (χ0v) is 16.8. The van der Waals surface area contributed by atoms with Crippen LogP contribution in [0.2, 0.25) is 0 Å². The molecular weight excluding hydrogens is 338 g/mol. The van der Waals surface area contributed by atoms with Crippen LogP contribution in [0.4, 0.5) is 4.79 Å². The molecular formula is C17H31N5O2S. The number of hydrogen-bond donors (Lipinski definition) is 3. The van der Waals surface area contributed by atoms with Crippen LogP contribution in [0, 0.1) is 6.92 Å². The molecule has 1 amide bonds. The molecule has 0 aromatic carbocycles. The first-order chi connectivity index (χ1) is 11.8. The number of nitrogens with one attached hydrogen (secondary N) is 3. The summed E-state index contributed by atoms with van der Waals surface area (Å²) in [6.07, 6.45) is 3.14. The molecule has 142 valence electrons. The zero-order chi connectivity index (χ0) is 18.7. The van der Waals surface area contributed by atoms with Gasteiger partial charge in [-0.15, -0.1) is 11.3 Å². The summed E-state index contributed by atoms with van der Waals surface area (Å²) in [5.74, 6) is 0.785. The number of rotatable bonds is 8. The fraction of sp³-hybridized carbons (Fsp3) is 0.706. The number of carbonyl (C=O) groups excluding carboxylic acids is 1. The highest BCUT2D eigenvalue weighted by molar-refractivity contribution is 7.11. The van der Waals surface area contributed by atoms with Gasteiger partial charge in [0.2, 0.25) is 0 Å². The number of ether oxygens (including phenoxy) is 1. The van der Waals surface area contributed by atoms with Gasteiger partial charge in [0, 0.05) is 43.7 Å². The van der Waals surface area contributed by atoms with Crippen molar-refractivity contribution >= 4 is 23.4 Å². The van der Waals surface area contributed by atoms with Crippen LogP contribution >= 0.6 is 11.3 Å². The van der Waals surface area contributed by atoms with Crippen molar-refractivity contribution in [1.82, 2.24) is 20.9 Å². The number of thiazole rings is 1. The van der Waals surface area contributed by atoms with E-state index < -0.39 is 5.60 Å². The maximum atomic E-state index is 11.5. The molecule has 0 atom stereocenters. The van der Waals surface area contributed by atoms with Crippen LogP contribution in [0.25, 0.3) is 0 Å². The van der Waals surface area contributed by atoms with Crippen molar-refractivity contribution < 1.29 is 9.53 Å². The average molecular weight is 370 g/mol. The number of aryl methyl sites for hydroxylation is 1. The Hall–Kier alpha value is -1.83. The molecule has 1 heterocycles. The van der Waals surface area contributed by atoms with Gasteiger partial charge in [0.25, 0.3) is 0 Å². The van der Waals surface area contributed by atoms with E-state index in [1.54, 1.807) is 11.3 Å². The summed E-state index contributed by atoms with van der Waals surface area (Å²) in [6.45, 7) is 12.4. The van der Waals surface area contributed by atoms with Gasteiger partial charge in [-0.05, 0) is 41.0 Å². The van der Waals surface area contributed by atoms with Crippen molar-refractivity contribution in [2.75, 3.05) is 26.2 Å². The number of aromatic nitrogens is 1. The molecule has 0 unspecified atom stereocenters. The lowest BCUT2D eigenvalue weighted by atomic mass is 10.2. The van der Waals surface area contributed by atoms with Crippen LogP contribution in [0.3, 0.4) is 0 Å². The SMILES string of the molecule is CCNC(=NCCCNC(=O)OC(C)(C)C)NCCc1ncc(C)s1. The fourth-order valence-corrected chi connectivity index (χ4v) is 2.71. The molecule has 0 radical (unpaired) electrons. The van der Waals surface area contributed by atoms with E-state index in [4.69, 9.17) is 4.74 Å². The zero-order valence-electron chi connectivity index (χ0n) is 15.9. The molecule has 1 aromatic rings. The number of alkyl carbamates (subject to hydrolysis) is 1. The average Bonchev–Trinajstić information content (AvgIpc) is 2.90. The second kappa shape index (κ2) is 10.9. The number of guanidine groups is 1. The Kier molecular flexibility index (Phi) is 9.26. The molecule has 8 heteroatoms. The summed E-state index contributed by atoms with van der Waals surface area (Å²) in [5, 5.41) is 10.4. The molecule has 0 saturated carbocycles. The Balaban J connectivity index is 2.24. The second-order valence-electron chi connectivity index (χ2n) is 6.58. The number of hydrogen-bond acceptors (Lipinski definition) is 5. The molecule has 1 aromatic heterocycles. The van der Waals surface area contributed by atoms with Crippen LogP contribution in [-0.4, -0.2) is 48.8 Å². The first-order valence-electron chi connectivity index (χ1n) is 8.70. The van der Waals surface area contributed by atoms with E-state index in [9.17, 15) is 4.79 Å². The highest BCUT2D eigenvalue weighted by Crippen LogP contribution is 2.10. The Bertz CT molecular complexity index is 551. The van der Waals surface area contributed by atoms with Gasteiger partial charge >= 0.3 is 6.09 Å². The van der Waals surface area contributed by atoms with Crippen molar-refractivity contribution in [2.24, 2.45) is 4.99 Å². The topological polar surface area (TPSA) is 87.6 Å². The minimum Gasteiger partial charge on any atom is -0.444 e. The molecule has 0 bridgehead atoms. The summed E-state index contributed by atoms with van der Waals surface area (Å²) in [5.41, 5.74) is -0.472. The number of nitrogens with zero attached hydrogens (tertiary/aromatic N) is 2. The normalized spacial score (nSPS) is 12.0. The highest BCUT2D eigenvalue weighted by Gasteiger charge is 2.15. The quantitative estimate of drug-likeness (QED) is 0.372. The van der Waals surface area contributed by atoms with Crippen molar-refractivity contribution in [3.8, 4) is 0 Å². The van der Waals surface area contributed by atoms with E-state index >= 15 is 0 Å². The third-order valence-electron chi connectivity index (χ3n) is 2.92. The van der Waals surface area contributed by atoms with Gasteiger partial charge < -0.3 is 20.7 Å².